The second-order valence-corrected chi connectivity index (χ2v) is 5.69. The van der Waals surface area contributed by atoms with E-state index in [1.165, 1.54) is 0 Å². The average molecular weight is 275 g/mol. The molecule has 0 radical (unpaired) electrons. The van der Waals surface area contributed by atoms with Gasteiger partial charge in [0.2, 0.25) is 0 Å². The van der Waals surface area contributed by atoms with Gasteiger partial charge in [-0.25, -0.2) is 0 Å². The lowest BCUT2D eigenvalue weighted by molar-refractivity contribution is -0.159. The van der Waals surface area contributed by atoms with Crippen LogP contribution in [0.15, 0.2) is 24.3 Å². The molecule has 0 bridgehead atoms. The molecule has 20 heavy (non-hydrogen) atoms. The van der Waals surface area contributed by atoms with Crippen LogP contribution in [-0.2, 0) is 0 Å². The van der Waals surface area contributed by atoms with Crippen LogP contribution in [0.3, 0.4) is 0 Å². The monoisotopic (exact) mass is 275 g/mol. The summed E-state index contributed by atoms with van der Waals surface area (Å²) in [5, 5.41) is 20.9. The Kier molecular flexibility index (Phi) is 3.79. The van der Waals surface area contributed by atoms with E-state index in [1.54, 1.807) is 14.0 Å². The maximum absolute atomic E-state index is 10.5. The van der Waals surface area contributed by atoms with Crippen LogP contribution < -0.4 is 4.74 Å². The smallest absolute Gasteiger partial charge is 0.156 e. The summed E-state index contributed by atoms with van der Waals surface area (Å²) in [6.07, 6.45) is 5.74. The lowest BCUT2D eigenvalue weighted by Crippen LogP contribution is -2.62. The van der Waals surface area contributed by atoms with Crippen LogP contribution in [0, 0.1) is 12.3 Å². The summed E-state index contributed by atoms with van der Waals surface area (Å²) in [5.41, 5.74) is -1.80. The van der Waals surface area contributed by atoms with Crippen LogP contribution >= 0.6 is 0 Å². The highest BCUT2D eigenvalue weighted by Crippen LogP contribution is 2.40. The molecule has 2 rings (SSSR count). The fraction of sp³-hybridized carbons (Fsp3) is 0.500. The number of aliphatic hydroxyl groups is 2. The minimum absolute atomic E-state index is 0.0396. The number of nitrogens with zero attached hydrogens (tertiary/aromatic N) is 1. The number of rotatable bonds is 2. The molecule has 1 aromatic carbocycles. The molecule has 0 saturated carbocycles. The van der Waals surface area contributed by atoms with Gasteiger partial charge in [0, 0.05) is 19.0 Å². The molecule has 0 amide bonds. The van der Waals surface area contributed by atoms with Crippen LogP contribution in [0.25, 0.3) is 0 Å². The number of methoxy groups -OCH3 is 1. The van der Waals surface area contributed by atoms with E-state index in [-0.39, 0.29) is 6.04 Å². The third-order valence-corrected chi connectivity index (χ3v) is 4.21. The Morgan fingerprint density at radius 1 is 1.35 bits per heavy atom. The zero-order valence-electron chi connectivity index (χ0n) is 12.1. The van der Waals surface area contributed by atoms with Crippen molar-refractivity contribution in [1.29, 1.82) is 0 Å². The lowest BCUT2D eigenvalue weighted by Gasteiger charge is -2.49. The van der Waals surface area contributed by atoms with Crippen molar-refractivity contribution >= 4 is 0 Å². The first-order valence-electron chi connectivity index (χ1n) is 6.60. The Morgan fingerprint density at radius 2 is 1.95 bits per heavy atom. The van der Waals surface area contributed by atoms with Crippen molar-refractivity contribution in [2.75, 3.05) is 20.7 Å². The van der Waals surface area contributed by atoms with Crippen molar-refractivity contribution in [3.05, 3.63) is 29.8 Å². The van der Waals surface area contributed by atoms with E-state index in [0.717, 1.165) is 11.3 Å². The Hall–Kier alpha value is -1.54. The van der Waals surface area contributed by atoms with Crippen molar-refractivity contribution in [3.8, 4) is 18.1 Å². The standard InChI is InChI=1S/C16H21NO3/c1-5-16(19)10-14(17(3)11-15(16,2)18)12-6-8-13(20-4)9-7-12/h1,6-9,14,18-19H,10-11H2,2-4H3/t14-,15-,16-/m0/s1. The van der Waals surface area contributed by atoms with Gasteiger partial charge >= 0.3 is 0 Å². The number of hydrogen-bond acceptors (Lipinski definition) is 4. The summed E-state index contributed by atoms with van der Waals surface area (Å²) in [6.45, 7) is 1.89. The lowest BCUT2D eigenvalue weighted by atomic mass is 9.74. The number of piperidine rings is 1. The van der Waals surface area contributed by atoms with Gasteiger partial charge in [-0.2, -0.15) is 0 Å². The van der Waals surface area contributed by atoms with E-state index in [9.17, 15) is 10.2 Å². The molecule has 1 aliphatic rings. The Labute approximate surface area is 120 Å². The molecule has 0 unspecified atom stereocenters. The molecule has 3 atom stereocenters. The fourth-order valence-corrected chi connectivity index (χ4v) is 2.79. The van der Waals surface area contributed by atoms with E-state index in [2.05, 4.69) is 5.92 Å². The zero-order valence-corrected chi connectivity index (χ0v) is 12.1. The maximum atomic E-state index is 10.5. The second-order valence-electron chi connectivity index (χ2n) is 5.69. The third-order valence-electron chi connectivity index (χ3n) is 4.21. The predicted octanol–water partition coefficient (Wildman–Crippen LogP) is 1.19. The third kappa shape index (κ3) is 2.40. The van der Waals surface area contributed by atoms with Crippen molar-refractivity contribution in [2.45, 2.75) is 30.6 Å². The Bertz CT molecular complexity index is 518. The van der Waals surface area contributed by atoms with Gasteiger partial charge in [-0.15, -0.1) is 6.42 Å². The van der Waals surface area contributed by atoms with E-state index < -0.39 is 11.2 Å². The average Bonchev–Trinajstić information content (AvgIpc) is 2.42. The highest BCUT2D eigenvalue weighted by atomic mass is 16.5. The van der Waals surface area contributed by atoms with Gasteiger partial charge in [0.25, 0.3) is 0 Å². The molecule has 2 N–H and O–H groups in total. The van der Waals surface area contributed by atoms with Gasteiger partial charge in [-0.05, 0) is 31.7 Å². The van der Waals surface area contributed by atoms with E-state index >= 15 is 0 Å². The van der Waals surface area contributed by atoms with Crippen LogP contribution in [0.4, 0.5) is 0 Å². The SMILES string of the molecule is C#C[C@]1(O)C[C@@H](c2ccc(OC)cc2)N(C)C[C@]1(C)O. The van der Waals surface area contributed by atoms with Gasteiger partial charge in [-0.1, -0.05) is 18.1 Å². The summed E-state index contributed by atoms with van der Waals surface area (Å²) >= 11 is 0. The molecular formula is C16H21NO3. The van der Waals surface area contributed by atoms with Gasteiger partial charge in [0.05, 0.1) is 7.11 Å². The molecule has 4 nitrogen and oxygen atoms in total. The van der Waals surface area contributed by atoms with Crippen molar-refractivity contribution in [1.82, 2.24) is 4.90 Å². The first-order valence-corrected chi connectivity index (χ1v) is 6.60. The number of hydrogen-bond donors (Lipinski definition) is 2. The molecule has 0 aliphatic carbocycles. The summed E-state index contributed by atoms with van der Waals surface area (Å²) in [5.74, 6) is 3.15. The van der Waals surface area contributed by atoms with Crippen molar-refractivity contribution in [2.24, 2.45) is 0 Å². The molecule has 0 spiro atoms. The quantitative estimate of drug-likeness (QED) is 0.796. The van der Waals surface area contributed by atoms with E-state index in [0.29, 0.717) is 13.0 Å². The van der Waals surface area contributed by atoms with Crippen LogP contribution in [0.1, 0.15) is 24.9 Å². The molecule has 1 aliphatic heterocycles. The van der Waals surface area contributed by atoms with Crippen LogP contribution in [0.2, 0.25) is 0 Å². The molecule has 1 aromatic rings. The zero-order chi connectivity index (χ0) is 15.0. The van der Waals surface area contributed by atoms with Crippen molar-refractivity contribution in [3.63, 3.8) is 0 Å². The van der Waals surface area contributed by atoms with Crippen LogP contribution in [0.5, 0.6) is 5.75 Å². The normalized spacial score (nSPS) is 34.5. The Morgan fingerprint density at radius 3 is 2.45 bits per heavy atom. The number of ether oxygens (including phenoxy) is 1. The highest BCUT2D eigenvalue weighted by Gasteiger charge is 2.51. The van der Waals surface area contributed by atoms with E-state index in [4.69, 9.17) is 11.2 Å². The maximum Gasteiger partial charge on any atom is 0.156 e. The summed E-state index contributed by atoms with van der Waals surface area (Å²) in [4.78, 5) is 2.01. The largest absolute Gasteiger partial charge is 0.497 e. The Balaban J connectivity index is 2.30. The van der Waals surface area contributed by atoms with E-state index in [1.807, 2.05) is 36.2 Å². The molecular weight excluding hydrogens is 254 g/mol. The number of likely N-dealkylation sites (N-methyl/N-ethyl adjacent to an activating group) is 1. The van der Waals surface area contributed by atoms with Gasteiger partial charge < -0.3 is 14.9 Å². The first kappa shape index (κ1) is 14.9. The molecule has 4 heteroatoms. The van der Waals surface area contributed by atoms with Crippen molar-refractivity contribution < 1.29 is 14.9 Å². The minimum Gasteiger partial charge on any atom is -0.497 e. The summed E-state index contributed by atoms with van der Waals surface area (Å²) in [6, 6.07) is 7.63. The van der Waals surface area contributed by atoms with Gasteiger partial charge in [-0.3, -0.25) is 4.90 Å². The van der Waals surface area contributed by atoms with Gasteiger partial charge in [0.15, 0.2) is 5.60 Å². The minimum atomic E-state index is -1.52. The summed E-state index contributed by atoms with van der Waals surface area (Å²) in [7, 11) is 3.54. The summed E-state index contributed by atoms with van der Waals surface area (Å²) < 4.78 is 5.14. The number of terminal acetylenes is 1. The molecule has 1 saturated heterocycles. The molecule has 1 fully saturated rings. The predicted molar refractivity (Wildman–Crippen MR) is 77.4 cm³/mol. The molecule has 1 heterocycles. The second kappa shape index (κ2) is 5.10. The molecule has 108 valence electrons. The number of benzene rings is 1. The first-order chi connectivity index (χ1) is 9.33. The molecule has 0 aromatic heterocycles. The number of likely N-dealkylation sites (tertiary alicyclic amines) is 1. The topological polar surface area (TPSA) is 52.9 Å². The fourth-order valence-electron chi connectivity index (χ4n) is 2.79. The number of β-amino-alcohol motifs (C(OH)–C–C–N with tert-alkyl or cyclic N) is 1. The van der Waals surface area contributed by atoms with Crippen LogP contribution in [-0.4, -0.2) is 47.0 Å². The van der Waals surface area contributed by atoms with Gasteiger partial charge in [0.1, 0.15) is 11.4 Å². The highest BCUT2D eigenvalue weighted by molar-refractivity contribution is 5.32.